The van der Waals surface area contributed by atoms with E-state index in [1.807, 2.05) is 0 Å². The van der Waals surface area contributed by atoms with Crippen LogP contribution >= 0.6 is 16.8 Å². The van der Waals surface area contributed by atoms with Crippen LogP contribution in [0.25, 0.3) is 0 Å². The van der Waals surface area contributed by atoms with Crippen LogP contribution in [0.4, 0.5) is 13.4 Å². The van der Waals surface area contributed by atoms with Crippen LogP contribution in [0.15, 0.2) is 29.4 Å². The number of benzene rings is 1. The Labute approximate surface area is 142 Å². The SMILES string of the molecule is CC(Oc1ccc(C=NN(C)P(C)(=S)Cl)cc1)N(F)N(F)NF. The molecule has 0 aliphatic rings. The molecule has 1 aromatic carbocycles. The second-order valence-corrected chi connectivity index (χ2v) is 11.3. The van der Waals surface area contributed by atoms with Crippen LogP contribution in [0.5, 0.6) is 5.75 Å². The molecule has 0 aliphatic heterocycles. The van der Waals surface area contributed by atoms with Crippen molar-refractivity contribution in [2.75, 3.05) is 13.7 Å². The van der Waals surface area contributed by atoms with Gasteiger partial charge in [0.25, 0.3) is 0 Å². The van der Waals surface area contributed by atoms with Gasteiger partial charge in [-0.2, -0.15) is 5.10 Å². The molecule has 0 radical (unpaired) electrons. The van der Waals surface area contributed by atoms with E-state index in [-0.39, 0.29) is 5.75 Å². The molecule has 1 N–H and O–H groups in total. The Kier molecular flexibility index (Phi) is 7.72. The molecule has 23 heavy (non-hydrogen) atoms. The van der Waals surface area contributed by atoms with Crippen molar-refractivity contribution in [2.45, 2.75) is 13.2 Å². The fourth-order valence-corrected chi connectivity index (χ4v) is 1.77. The third-order valence-corrected chi connectivity index (χ3v) is 5.12. The number of hydrogen-bond donors (Lipinski definition) is 1. The molecule has 12 heteroatoms. The number of hydrazine groups is 2. The molecule has 0 fully saturated rings. The zero-order valence-electron chi connectivity index (χ0n) is 12.5. The molecule has 1 aromatic rings. The van der Waals surface area contributed by atoms with Crippen LogP contribution in [-0.4, -0.2) is 41.5 Å². The van der Waals surface area contributed by atoms with Gasteiger partial charge in [0.05, 0.1) is 11.6 Å². The van der Waals surface area contributed by atoms with E-state index in [9.17, 15) is 13.4 Å². The third kappa shape index (κ3) is 6.62. The fraction of sp³-hybridized carbons (Fsp3) is 0.364. The van der Waals surface area contributed by atoms with Gasteiger partial charge in [0.15, 0.2) is 6.23 Å². The Morgan fingerprint density at radius 3 is 2.43 bits per heavy atom. The Morgan fingerprint density at radius 1 is 1.39 bits per heavy atom. The first-order valence-electron chi connectivity index (χ1n) is 6.24. The summed E-state index contributed by atoms with van der Waals surface area (Å²) in [6.45, 7) is 2.92. The summed E-state index contributed by atoms with van der Waals surface area (Å²) in [7, 11) is 1.68. The minimum Gasteiger partial charge on any atom is -0.471 e. The van der Waals surface area contributed by atoms with Gasteiger partial charge in [0.1, 0.15) is 11.3 Å². The second-order valence-electron chi connectivity index (χ2n) is 4.43. The van der Waals surface area contributed by atoms with E-state index in [2.05, 4.69) is 5.10 Å². The number of ether oxygens (including phenoxy) is 1. The molecular weight excluding hydrogens is 374 g/mol. The lowest BCUT2D eigenvalue weighted by molar-refractivity contribution is -0.363. The van der Waals surface area contributed by atoms with E-state index >= 15 is 0 Å². The lowest BCUT2D eigenvalue weighted by Gasteiger charge is -2.22. The van der Waals surface area contributed by atoms with E-state index < -0.39 is 22.3 Å². The highest BCUT2D eigenvalue weighted by Crippen LogP contribution is 2.50. The molecule has 1 rings (SSSR count). The van der Waals surface area contributed by atoms with Gasteiger partial charge >= 0.3 is 0 Å². The molecule has 0 heterocycles. The largest absolute Gasteiger partial charge is 0.471 e. The first-order chi connectivity index (χ1) is 10.6. The first-order valence-corrected chi connectivity index (χ1v) is 10.3. The molecule has 130 valence electrons. The molecule has 6 nitrogen and oxygen atoms in total. The lowest BCUT2D eigenvalue weighted by atomic mass is 10.2. The Morgan fingerprint density at radius 2 is 1.96 bits per heavy atom. The maximum Gasteiger partial charge on any atom is 0.195 e. The molecular formula is C11H16ClF3N5OPS. The normalized spacial score (nSPS) is 15.9. The summed E-state index contributed by atoms with van der Waals surface area (Å²) in [4.78, 5) is 0. The highest BCUT2D eigenvalue weighted by atomic mass is 35.7. The summed E-state index contributed by atoms with van der Waals surface area (Å²) in [6.07, 6.45) is 0.161. The van der Waals surface area contributed by atoms with Crippen molar-refractivity contribution in [2.24, 2.45) is 5.10 Å². The van der Waals surface area contributed by atoms with Gasteiger partial charge in [-0.15, -0.1) is 8.96 Å². The van der Waals surface area contributed by atoms with Crippen molar-refractivity contribution >= 4 is 34.8 Å². The number of hydrazone groups is 1. The van der Waals surface area contributed by atoms with Crippen molar-refractivity contribution in [3.63, 3.8) is 0 Å². The lowest BCUT2D eigenvalue weighted by Crippen LogP contribution is -2.44. The van der Waals surface area contributed by atoms with Crippen molar-refractivity contribution in [3.8, 4) is 5.75 Å². The van der Waals surface area contributed by atoms with E-state index in [0.29, 0.717) is 5.65 Å². The minimum atomic E-state index is -2.15. The van der Waals surface area contributed by atoms with Gasteiger partial charge in [0, 0.05) is 12.3 Å². The van der Waals surface area contributed by atoms with Gasteiger partial charge in [-0.3, -0.25) is 4.78 Å². The van der Waals surface area contributed by atoms with Crippen LogP contribution < -0.4 is 10.4 Å². The number of nitrogens with one attached hydrogen (secondary N) is 1. The standard InChI is InChI=1S/C11H16ClF3N5OPS/c1-9(19(14)20(15)17-13)21-11-6-4-10(5-7-11)8-16-18(2)22(3,12)23/h4-9,17H,1-3H3. The average Bonchev–Trinajstić information content (AvgIpc) is 2.51. The molecule has 0 aliphatic carbocycles. The molecule has 2 atom stereocenters. The monoisotopic (exact) mass is 389 g/mol. The van der Waals surface area contributed by atoms with Crippen molar-refractivity contribution in [3.05, 3.63) is 29.8 Å². The van der Waals surface area contributed by atoms with Crippen molar-refractivity contribution in [1.29, 1.82) is 0 Å². The fourth-order valence-electron chi connectivity index (χ4n) is 1.29. The second kappa shape index (κ2) is 8.81. The van der Waals surface area contributed by atoms with Gasteiger partial charge < -0.3 is 4.74 Å². The van der Waals surface area contributed by atoms with Gasteiger partial charge in [0.2, 0.25) is 0 Å². The van der Waals surface area contributed by atoms with Gasteiger partial charge in [-0.1, -0.05) is 27.5 Å². The maximum atomic E-state index is 13.2. The van der Waals surface area contributed by atoms with E-state index in [4.69, 9.17) is 27.8 Å². The summed E-state index contributed by atoms with van der Waals surface area (Å²) in [6, 6.07) is 6.35. The Hall–Kier alpha value is -0.900. The number of nitrogens with zero attached hydrogens (tertiary/aromatic N) is 4. The van der Waals surface area contributed by atoms with Crippen LogP contribution in [0.2, 0.25) is 0 Å². The summed E-state index contributed by atoms with van der Waals surface area (Å²) in [5, 5.41) is 2.54. The number of hydrogen-bond acceptors (Lipinski definition) is 6. The quantitative estimate of drug-likeness (QED) is 0.241. The molecule has 0 spiro atoms. The van der Waals surface area contributed by atoms with Gasteiger partial charge in [-0.05, 0) is 49.1 Å². The molecule has 0 saturated heterocycles. The maximum absolute atomic E-state index is 13.2. The predicted octanol–water partition coefficient (Wildman–Crippen LogP) is 3.53. The molecule has 0 aromatic heterocycles. The third-order valence-electron chi connectivity index (χ3n) is 2.62. The van der Waals surface area contributed by atoms with Crippen LogP contribution in [0, 0.1) is 0 Å². The van der Waals surface area contributed by atoms with Crippen LogP contribution in [0.1, 0.15) is 12.5 Å². The van der Waals surface area contributed by atoms with E-state index in [0.717, 1.165) is 5.56 Å². The molecule has 2 unspecified atom stereocenters. The zero-order chi connectivity index (χ0) is 17.6. The zero-order valence-corrected chi connectivity index (χ0v) is 15.0. The smallest absolute Gasteiger partial charge is 0.195 e. The van der Waals surface area contributed by atoms with Crippen LogP contribution in [-0.2, 0) is 11.8 Å². The van der Waals surface area contributed by atoms with Crippen molar-refractivity contribution in [1.82, 2.24) is 21.0 Å². The molecule has 0 amide bonds. The molecule has 0 bridgehead atoms. The number of rotatable bonds is 8. The van der Waals surface area contributed by atoms with Crippen LogP contribution in [0.3, 0.4) is 0 Å². The Bertz CT molecular complexity index is 575. The predicted molar refractivity (Wildman–Crippen MR) is 88.1 cm³/mol. The van der Waals surface area contributed by atoms with E-state index in [1.54, 1.807) is 32.1 Å². The summed E-state index contributed by atoms with van der Waals surface area (Å²) in [5.41, 5.74) is -0.946. The number of halogens is 4. The minimum absolute atomic E-state index is 0.260. The summed E-state index contributed by atoms with van der Waals surface area (Å²) < 4.78 is 44.2. The topological polar surface area (TPSA) is 43.3 Å². The Balaban J connectivity index is 2.67. The van der Waals surface area contributed by atoms with Crippen molar-refractivity contribution < 1.29 is 18.2 Å². The summed E-state index contributed by atoms with van der Waals surface area (Å²) >= 11 is 11.1. The van der Waals surface area contributed by atoms with Gasteiger partial charge in [-0.25, -0.2) is 0 Å². The summed E-state index contributed by atoms with van der Waals surface area (Å²) in [5.74, 6) is 0.260. The highest BCUT2D eigenvalue weighted by Gasteiger charge is 2.23. The first kappa shape index (κ1) is 20.1. The average molecular weight is 390 g/mol. The highest BCUT2D eigenvalue weighted by molar-refractivity contribution is 8.25. The van der Waals surface area contributed by atoms with E-state index in [1.165, 1.54) is 23.8 Å². The molecule has 0 saturated carbocycles.